The Labute approximate surface area is 146 Å². The Kier molecular flexibility index (Phi) is 3.13. The average Bonchev–Trinajstić information content (AvgIpc) is 3.18. The molecule has 6 heteroatoms. The molecule has 4 bridgehead atoms. The highest BCUT2D eigenvalue weighted by Gasteiger charge is 2.55. The van der Waals surface area contributed by atoms with E-state index in [4.69, 9.17) is 4.98 Å². The predicted octanol–water partition coefficient (Wildman–Crippen LogP) is 2.23. The van der Waals surface area contributed by atoms with Gasteiger partial charge in [0, 0.05) is 19.5 Å². The Morgan fingerprint density at radius 1 is 1.16 bits per heavy atom. The first-order valence-corrected chi connectivity index (χ1v) is 9.63. The summed E-state index contributed by atoms with van der Waals surface area (Å²) in [6, 6.07) is 0. The summed E-state index contributed by atoms with van der Waals surface area (Å²) in [4.78, 5) is 33.4. The van der Waals surface area contributed by atoms with Crippen molar-refractivity contribution in [3.63, 3.8) is 0 Å². The van der Waals surface area contributed by atoms with Crippen molar-refractivity contribution >= 4 is 11.2 Å². The fourth-order valence-corrected chi connectivity index (χ4v) is 6.10. The van der Waals surface area contributed by atoms with Crippen molar-refractivity contribution in [2.45, 2.75) is 52.0 Å². The van der Waals surface area contributed by atoms with E-state index in [1.807, 2.05) is 0 Å². The minimum absolute atomic E-state index is 0.258. The molecule has 4 fully saturated rings. The molecule has 2 aromatic rings. The zero-order valence-corrected chi connectivity index (χ0v) is 15.2. The summed E-state index contributed by atoms with van der Waals surface area (Å²) in [7, 11) is 1.56. The SMILES string of the molecule is CC(C)Cn1c(=O)n(C)c(=O)c2[nH]c(C3C4CC5CC(C4)C3C5)nc21. The molecule has 25 heavy (non-hydrogen) atoms. The van der Waals surface area contributed by atoms with E-state index in [1.54, 1.807) is 11.6 Å². The third-order valence-corrected chi connectivity index (χ3v) is 6.92. The van der Waals surface area contributed by atoms with E-state index in [9.17, 15) is 9.59 Å². The lowest BCUT2D eigenvalue weighted by Gasteiger charge is -2.30. The van der Waals surface area contributed by atoms with E-state index < -0.39 is 0 Å². The molecule has 6 nitrogen and oxygen atoms in total. The van der Waals surface area contributed by atoms with Crippen molar-refractivity contribution < 1.29 is 0 Å². The van der Waals surface area contributed by atoms with Crippen LogP contribution in [0.3, 0.4) is 0 Å². The highest BCUT2D eigenvalue weighted by Crippen LogP contribution is 2.63. The third-order valence-electron chi connectivity index (χ3n) is 6.92. The Bertz CT molecular complexity index is 962. The van der Waals surface area contributed by atoms with Crippen LogP contribution in [-0.2, 0) is 13.6 Å². The van der Waals surface area contributed by atoms with Crippen LogP contribution in [0.15, 0.2) is 9.59 Å². The molecule has 4 aliphatic carbocycles. The maximum Gasteiger partial charge on any atom is 0.332 e. The molecule has 6 rings (SSSR count). The van der Waals surface area contributed by atoms with Gasteiger partial charge in [0.2, 0.25) is 0 Å². The zero-order valence-electron chi connectivity index (χ0n) is 15.2. The van der Waals surface area contributed by atoms with Crippen molar-refractivity contribution in [1.82, 2.24) is 19.1 Å². The lowest BCUT2D eigenvalue weighted by molar-refractivity contribution is 0.244. The van der Waals surface area contributed by atoms with Gasteiger partial charge in [-0.1, -0.05) is 13.8 Å². The van der Waals surface area contributed by atoms with Gasteiger partial charge in [-0.05, 0) is 55.3 Å². The van der Waals surface area contributed by atoms with Crippen LogP contribution in [0.25, 0.3) is 11.2 Å². The molecule has 0 aromatic carbocycles. The number of imidazole rings is 1. The highest BCUT2D eigenvalue weighted by atomic mass is 16.2. The second-order valence-corrected chi connectivity index (χ2v) is 8.99. The summed E-state index contributed by atoms with van der Waals surface area (Å²) in [6.45, 7) is 4.73. The molecule has 2 heterocycles. The first kappa shape index (κ1) is 15.4. The molecule has 134 valence electrons. The fraction of sp³-hybridized carbons (Fsp3) is 0.737. The number of aromatic amines is 1. The predicted molar refractivity (Wildman–Crippen MR) is 95.6 cm³/mol. The number of aromatic nitrogens is 4. The van der Waals surface area contributed by atoms with Crippen LogP contribution in [0.1, 0.15) is 51.3 Å². The molecule has 1 N–H and O–H groups in total. The Morgan fingerprint density at radius 3 is 2.64 bits per heavy atom. The van der Waals surface area contributed by atoms with Gasteiger partial charge in [0.1, 0.15) is 11.3 Å². The number of H-pyrrole nitrogens is 1. The maximum absolute atomic E-state index is 12.6. The monoisotopic (exact) mass is 342 g/mol. The summed E-state index contributed by atoms with van der Waals surface area (Å²) >= 11 is 0. The summed E-state index contributed by atoms with van der Waals surface area (Å²) in [6.07, 6.45) is 5.34. The molecular weight excluding hydrogens is 316 g/mol. The van der Waals surface area contributed by atoms with Crippen LogP contribution >= 0.6 is 0 Å². The Morgan fingerprint density at radius 2 is 1.92 bits per heavy atom. The number of hydrogen-bond donors (Lipinski definition) is 1. The van der Waals surface area contributed by atoms with Gasteiger partial charge in [-0.15, -0.1) is 0 Å². The first-order chi connectivity index (χ1) is 11.9. The highest BCUT2D eigenvalue weighted by molar-refractivity contribution is 5.70. The van der Waals surface area contributed by atoms with Crippen LogP contribution in [0.2, 0.25) is 0 Å². The molecule has 2 aromatic heterocycles. The van der Waals surface area contributed by atoms with Crippen LogP contribution in [0.4, 0.5) is 0 Å². The van der Waals surface area contributed by atoms with Crippen LogP contribution in [0.5, 0.6) is 0 Å². The minimum Gasteiger partial charge on any atom is -0.336 e. The molecule has 5 atom stereocenters. The summed E-state index contributed by atoms with van der Waals surface area (Å²) in [5, 5.41) is 0. The number of rotatable bonds is 3. The second-order valence-electron chi connectivity index (χ2n) is 8.99. The van der Waals surface area contributed by atoms with Gasteiger partial charge in [-0.25, -0.2) is 9.78 Å². The lowest BCUT2D eigenvalue weighted by atomic mass is 9.75. The smallest absolute Gasteiger partial charge is 0.332 e. The van der Waals surface area contributed by atoms with E-state index in [1.165, 1.54) is 30.3 Å². The normalized spacial score (nSPS) is 33.2. The number of fused-ring (bicyclic) bond motifs is 1. The van der Waals surface area contributed by atoms with Gasteiger partial charge in [0.15, 0.2) is 5.65 Å². The maximum atomic E-state index is 12.6. The third kappa shape index (κ3) is 2.06. The van der Waals surface area contributed by atoms with Crippen molar-refractivity contribution in [2.24, 2.45) is 36.6 Å². The van der Waals surface area contributed by atoms with Crippen molar-refractivity contribution in [3.05, 3.63) is 26.7 Å². The van der Waals surface area contributed by atoms with Crippen molar-refractivity contribution in [2.75, 3.05) is 0 Å². The van der Waals surface area contributed by atoms with Crippen LogP contribution in [0, 0.1) is 29.6 Å². The van der Waals surface area contributed by atoms with E-state index in [0.29, 0.717) is 35.5 Å². The van der Waals surface area contributed by atoms with Crippen molar-refractivity contribution in [1.29, 1.82) is 0 Å². The topological polar surface area (TPSA) is 72.7 Å². The van der Waals surface area contributed by atoms with Crippen LogP contribution in [-0.4, -0.2) is 19.1 Å². The minimum atomic E-state index is -0.266. The van der Waals surface area contributed by atoms with Crippen molar-refractivity contribution in [3.8, 4) is 0 Å². The van der Waals surface area contributed by atoms with E-state index in [0.717, 1.165) is 23.6 Å². The van der Waals surface area contributed by atoms with E-state index >= 15 is 0 Å². The molecule has 0 amide bonds. The quantitative estimate of drug-likeness (QED) is 0.930. The number of nitrogens with one attached hydrogen (secondary N) is 1. The largest absolute Gasteiger partial charge is 0.336 e. The van der Waals surface area contributed by atoms with Gasteiger partial charge in [0.05, 0.1) is 0 Å². The van der Waals surface area contributed by atoms with Gasteiger partial charge >= 0.3 is 5.69 Å². The summed E-state index contributed by atoms with van der Waals surface area (Å²) in [5.74, 6) is 4.91. The van der Waals surface area contributed by atoms with Gasteiger partial charge in [-0.3, -0.25) is 13.9 Å². The Hall–Kier alpha value is -1.85. The first-order valence-electron chi connectivity index (χ1n) is 9.63. The number of nitrogens with zero attached hydrogens (tertiary/aromatic N) is 3. The average molecular weight is 342 g/mol. The van der Waals surface area contributed by atoms with Gasteiger partial charge in [-0.2, -0.15) is 0 Å². The molecular formula is C19H26N4O2. The fourth-order valence-electron chi connectivity index (χ4n) is 6.10. The van der Waals surface area contributed by atoms with Crippen LogP contribution < -0.4 is 11.2 Å². The molecule has 4 aliphatic rings. The Balaban J connectivity index is 1.68. The second kappa shape index (κ2) is 5.08. The summed E-state index contributed by atoms with van der Waals surface area (Å²) < 4.78 is 2.88. The molecule has 0 spiro atoms. The van der Waals surface area contributed by atoms with Gasteiger partial charge in [0.25, 0.3) is 5.56 Å². The standard InChI is InChI=1S/C19H26N4O2/c1-9(2)8-23-17-15(18(24)22(3)19(23)25)20-16(21-17)14-12-5-10-4-11(7-12)13(14)6-10/h9-14H,4-8H2,1-3H3,(H,20,21). The summed E-state index contributed by atoms with van der Waals surface area (Å²) in [5.41, 5.74) is 0.522. The molecule has 0 radical (unpaired) electrons. The van der Waals surface area contributed by atoms with E-state index in [-0.39, 0.29) is 11.2 Å². The molecule has 4 saturated carbocycles. The number of hydrogen-bond acceptors (Lipinski definition) is 3. The molecule has 0 saturated heterocycles. The molecule has 0 aliphatic heterocycles. The van der Waals surface area contributed by atoms with Gasteiger partial charge < -0.3 is 4.98 Å². The zero-order chi connectivity index (χ0) is 17.5. The van der Waals surface area contributed by atoms with E-state index in [2.05, 4.69) is 18.8 Å². The lowest BCUT2D eigenvalue weighted by Crippen LogP contribution is -2.38. The molecule has 5 unspecified atom stereocenters.